The Balaban J connectivity index is 1.91. The van der Waals surface area contributed by atoms with Gasteiger partial charge in [-0.1, -0.05) is 30.3 Å². The van der Waals surface area contributed by atoms with E-state index in [0.29, 0.717) is 0 Å². The van der Waals surface area contributed by atoms with Gasteiger partial charge < -0.3 is 5.73 Å². The lowest BCUT2D eigenvalue weighted by atomic mass is 10.0. The van der Waals surface area contributed by atoms with Gasteiger partial charge in [0.25, 0.3) is 0 Å². The van der Waals surface area contributed by atoms with E-state index in [9.17, 15) is 0 Å². The molecule has 0 fully saturated rings. The standard InChI is InChI=1S/C13H16N2S/c1-10-15-12(9-16-10)7-8-13(14)11-5-3-2-4-6-11/h2-6,9,13H,7-8,14H2,1H3. The second-order valence-electron chi connectivity index (χ2n) is 3.91. The molecule has 3 heteroatoms. The number of hydrogen-bond donors (Lipinski definition) is 1. The second kappa shape index (κ2) is 5.23. The Labute approximate surface area is 100 Å². The van der Waals surface area contributed by atoms with Gasteiger partial charge in [0.05, 0.1) is 10.7 Å². The van der Waals surface area contributed by atoms with E-state index < -0.39 is 0 Å². The zero-order valence-corrected chi connectivity index (χ0v) is 10.2. The molecule has 0 aliphatic carbocycles. The van der Waals surface area contributed by atoms with Crippen LogP contribution in [0.4, 0.5) is 0 Å². The van der Waals surface area contributed by atoms with Crippen LogP contribution in [-0.4, -0.2) is 4.98 Å². The highest BCUT2D eigenvalue weighted by Crippen LogP contribution is 2.17. The van der Waals surface area contributed by atoms with Gasteiger partial charge in [0.2, 0.25) is 0 Å². The third kappa shape index (κ3) is 2.90. The van der Waals surface area contributed by atoms with E-state index in [1.54, 1.807) is 11.3 Å². The van der Waals surface area contributed by atoms with Crippen LogP contribution in [0.1, 0.15) is 28.7 Å². The lowest BCUT2D eigenvalue weighted by Crippen LogP contribution is -2.11. The van der Waals surface area contributed by atoms with E-state index in [0.717, 1.165) is 23.5 Å². The van der Waals surface area contributed by atoms with Crippen LogP contribution in [0.5, 0.6) is 0 Å². The van der Waals surface area contributed by atoms with Crippen LogP contribution in [0.25, 0.3) is 0 Å². The molecule has 0 aliphatic rings. The van der Waals surface area contributed by atoms with Gasteiger partial charge in [0.1, 0.15) is 0 Å². The molecule has 2 rings (SSSR count). The van der Waals surface area contributed by atoms with Crippen LogP contribution in [0.2, 0.25) is 0 Å². The molecule has 0 saturated carbocycles. The van der Waals surface area contributed by atoms with Gasteiger partial charge >= 0.3 is 0 Å². The molecule has 2 aromatic rings. The molecule has 2 N–H and O–H groups in total. The van der Waals surface area contributed by atoms with Crippen LogP contribution < -0.4 is 5.73 Å². The zero-order chi connectivity index (χ0) is 11.4. The number of aromatic nitrogens is 1. The van der Waals surface area contributed by atoms with Crippen molar-refractivity contribution in [2.24, 2.45) is 5.73 Å². The maximum absolute atomic E-state index is 6.13. The van der Waals surface area contributed by atoms with Crippen molar-refractivity contribution in [1.29, 1.82) is 0 Å². The van der Waals surface area contributed by atoms with E-state index in [1.807, 2.05) is 25.1 Å². The number of aryl methyl sites for hydroxylation is 2. The summed E-state index contributed by atoms with van der Waals surface area (Å²) in [6.45, 7) is 2.03. The Morgan fingerprint density at radius 2 is 2.06 bits per heavy atom. The minimum absolute atomic E-state index is 0.114. The molecule has 1 heterocycles. The predicted molar refractivity (Wildman–Crippen MR) is 68.5 cm³/mol. The number of benzene rings is 1. The Hall–Kier alpha value is -1.19. The average Bonchev–Trinajstić information content (AvgIpc) is 2.73. The normalized spacial score (nSPS) is 12.6. The molecule has 1 aromatic heterocycles. The van der Waals surface area contributed by atoms with E-state index >= 15 is 0 Å². The minimum atomic E-state index is 0.114. The van der Waals surface area contributed by atoms with Crippen molar-refractivity contribution in [3.8, 4) is 0 Å². The molecule has 2 nitrogen and oxygen atoms in total. The zero-order valence-electron chi connectivity index (χ0n) is 9.39. The molecule has 16 heavy (non-hydrogen) atoms. The minimum Gasteiger partial charge on any atom is -0.324 e. The van der Waals surface area contributed by atoms with Gasteiger partial charge in [0, 0.05) is 11.4 Å². The first kappa shape index (κ1) is 11.3. The highest BCUT2D eigenvalue weighted by atomic mass is 32.1. The molecule has 0 saturated heterocycles. The number of hydrogen-bond acceptors (Lipinski definition) is 3. The maximum atomic E-state index is 6.13. The summed E-state index contributed by atoms with van der Waals surface area (Å²) in [4.78, 5) is 4.44. The molecular weight excluding hydrogens is 216 g/mol. The Morgan fingerprint density at radius 1 is 1.31 bits per heavy atom. The van der Waals surface area contributed by atoms with Crippen molar-refractivity contribution in [2.75, 3.05) is 0 Å². The Kier molecular flexibility index (Phi) is 3.70. The quantitative estimate of drug-likeness (QED) is 0.879. The number of nitrogens with zero attached hydrogens (tertiary/aromatic N) is 1. The molecule has 84 valence electrons. The fraction of sp³-hybridized carbons (Fsp3) is 0.308. The number of nitrogens with two attached hydrogens (primary N) is 1. The molecule has 1 unspecified atom stereocenters. The molecular formula is C13H16N2S. The van der Waals surface area contributed by atoms with Crippen molar-refractivity contribution < 1.29 is 0 Å². The summed E-state index contributed by atoms with van der Waals surface area (Å²) in [6.07, 6.45) is 1.91. The lowest BCUT2D eigenvalue weighted by Gasteiger charge is -2.10. The molecule has 1 aromatic carbocycles. The van der Waals surface area contributed by atoms with Gasteiger partial charge in [-0.2, -0.15) is 0 Å². The van der Waals surface area contributed by atoms with E-state index in [-0.39, 0.29) is 6.04 Å². The van der Waals surface area contributed by atoms with Crippen molar-refractivity contribution >= 4 is 11.3 Å². The maximum Gasteiger partial charge on any atom is 0.0897 e. The summed E-state index contributed by atoms with van der Waals surface area (Å²) in [5.74, 6) is 0. The van der Waals surface area contributed by atoms with Crippen molar-refractivity contribution in [2.45, 2.75) is 25.8 Å². The van der Waals surface area contributed by atoms with E-state index in [4.69, 9.17) is 5.73 Å². The van der Waals surface area contributed by atoms with Crippen LogP contribution in [0.15, 0.2) is 35.7 Å². The summed E-state index contributed by atoms with van der Waals surface area (Å²) in [5, 5.41) is 3.25. The molecule has 0 spiro atoms. The van der Waals surface area contributed by atoms with Crippen molar-refractivity contribution in [3.05, 3.63) is 52.0 Å². The Morgan fingerprint density at radius 3 is 2.69 bits per heavy atom. The molecule has 1 atom stereocenters. The fourth-order valence-electron chi connectivity index (χ4n) is 1.69. The molecule has 0 bridgehead atoms. The summed E-state index contributed by atoms with van der Waals surface area (Å²) < 4.78 is 0. The largest absolute Gasteiger partial charge is 0.324 e. The second-order valence-corrected chi connectivity index (χ2v) is 4.98. The first-order valence-corrected chi connectivity index (χ1v) is 6.35. The number of thiazole rings is 1. The average molecular weight is 232 g/mol. The van der Waals surface area contributed by atoms with Gasteiger partial charge in [-0.15, -0.1) is 11.3 Å². The third-order valence-electron chi connectivity index (χ3n) is 2.61. The summed E-state index contributed by atoms with van der Waals surface area (Å²) in [7, 11) is 0. The van der Waals surface area contributed by atoms with E-state index in [1.165, 1.54) is 5.56 Å². The third-order valence-corrected chi connectivity index (χ3v) is 3.43. The molecule has 0 radical (unpaired) electrons. The highest BCUT2D eigenvalue weighted by molar-refractivity contribution is 7.09. The van der Waals surface area contributed by atoms with Crippen LogP contribution in [-0.2, 0) is 6.42 Å². The van der Waals surface area contributed by atoms with Gasteiger partial charge in [-0.3, -0.25) is 0 Å². The van der Waals surface area contributed by atoms with Crippen LogP contribution in [0, 0.1) is 6.92 Å². The summed E-state index contributed by atoms with van der Waals surface area (Å²) >= 11 is 1.70. The topological polar surface area (TPSA) is 38.9 Å². The van der Waals surface area contributed by atoms with E-state index in [2.05, 4.69) is 22.5 Å². The first-order valence-electron chi connectivity index (χ1n) is 5.47. The highest BCUT2D eigenvalue weighted by Gasteiger charge is 2.06. The SMILES string of the molecule is Cc1nc(CCC(N)c2ccccc2)cs1. The van der Waals surface area contributed by atoms with Crippen LogP contribution in [0.3, 0.4) is 0 Å². The predicted octanol–water partition coefficient (Wildman–Crippen LogP) is 3.08. The van der Waals surface area contributed by atoms with Crippen molar-refractivity contribution in [3.63, 3.8) is 0 Å². The molecule has 0 amide bonds. The van der Waals surface area contributed by atoms with Gasteiger partial charge in [0.15, 0.2) is 0 Å². The first-order chi connectivity index (χ1) is 7.75. The number of rotatable bonds is 4. The lowest BCUT2D eigenvalue weighted by molar-refractivity contribution is 0.645. The Bertz CT molecular complexity index is 436. The van der Waals surface area contributed by atoms with Gasteiger partial charge in [-0.05, 0) is 25.3 Å². The van der Waals surface area contributed by atoms with Gasteiger partial charge in [-0.25, -0.2) is 4.98 Å². The monoisotopic (exact) mass is 232 g/mol. The summed E-state index contributed by atoms with van der Waals surface area (Å²) in [5.41, 5.74) is 8.49. The molecule has 0 aliphatic heterocycles. The van der Waals surface area contributed by atoms with Crippen LogP contribution >= 0.6 is 11.3 Å². The smallest absolute Gasteiger partial charge is 0.0897 e. The fourth-order valence-corrected chi connectivity index (χ4v) is 2.34. The summed E-state index contributed by atoms with van der Waals surface area (Å²) in [6, 6.07) is 10.3. The van der Waals surface area contributed by atoms with Crippen molar-refractivity contribution in [1.82, 2.24) is 4.98 Å².